The lowest BCUT2D eigenvalue weighted by Gasteiger charge is -2.38. The lowest BCUT2D eigenvalue weighted by Crippen LogP contribution is -2.37. The predicted molar refractivity (Wildman–Crippen MR) is 83.7 cm³/mol. The van der Waals surface area contributed by atoms with Crippen LogP contribution in [0, 0.1) is 18.3 Å². The monoisotopic (exact) mass is 278 g/mol. The van der Waals surface area contributed by atoms with Gasteiger partial charge >= 0.3 is 0 Å². The molecule has 114 valence electrons. The van der Waals surface area contributed by atoms with E-state index in [1.54, 1.807) is 0 Å². The molecule has 1 aliphatic rings. The molecule has 0 amide bonds. The largest absolute Gasteiger partial charge is 0.463 e. The molecule has 2 rings (SSSR count). The lowest BCUT2D eigenvalue weighted by atomic mass is 9.75. The van der Waals surface area contributed by atoms with Gasteiger partial charge in [-0.3, -0.25) is 4.90 Å². The second-order valence-corrected chi connectivity index (χ2v) is 7.27. The van der Waals surface area contributed by atoms with Gasteiger partial charge in [0.2, 0.25) is 0 Å². The molecule has 1 aliphatic heterocycles. The molecular formula is C17H30N2O. The molecule has 3 nitrogen and oxygen atoms in total. The van der Waals surface area contributed by atoms with E-state index in [0.717, 1.165) is 30.5 Å². The van der Waals surface area contributed by atoms with E-state index >= 15 is 0 Å². The van der Waals surface area contributed by atoms with Crippen molar-refractivity contribution < 1.29 is 4.42 Å². The summed E-state index contributed by atoms with van der Waals surface area (Å²) in [6.45, 7) is 13.4. The van der Waals surface area contributed by atoms with Crippen LogP contribution in [0.25, 0.3) is 0 Å². The minimum absolute atomic E-state index is 0.452. The van der Waals surface area contributed by atoms with Crippen molar-refractivity contribution in [1.29, 1.82) is 0 Å². The second kappa shape index (κ2) is 6.31. The molecule has 0 bridgehead atoms. The third-order valence-corrected chi connectivity index (χ3v) is 4.60. The first-order valence-corrected chi connectivity index (χ1v) is 7.85. The zero-order valence-electron chi connectivity index (χ0n) is 13.8. The third-order valence-electron chi connectivity index (χ3n) is 4.60. The van der Waals surface area contributed by atoms with Crippen molar-refractivity contribution in [3.05, 3.63) is 23.2 Å². The molecule has 1 aromatic heterocycles. The standard InChI is InChI=1S/C17H30N2O/c1-13-10-15(20-16(13)11-18-5)12-19-8-6-14(7-9-19)17(2,3)4/h10,14,18H,6-9,11-12H2,1-5H3. The summed E-state index contributed by atoms with van der Waals surface area (Å²) in [6, 6.07) is 2.20. The van der Waals surface area contributed by atoms with Gasteiger partial charge in [-0.2, -0.15) is 0 Å². The Morgan fingerprint density at radius 3 is 2.50 bits per heavy atom. The summed E-state index contributed by atoms with van der Waals surface area (Å²) >= 11 is 0. The minimum Gasteiger partial charge on any atom is -0.463 e. The smallest absolute Gasteiger partial charge is 0.120 e. The Bertz CT molecular complexity index is 423. The molecule has 1 saturated heterocycles. The highest BCUT2D eigenvalue weighted by Crippen LogP contribution is 2.34. The van der Waals surface area contributed by atoms with Crippen molar-refractivity contribution in [2.45, 2.75) is 53.6 Å². The highest BCUT2D eigenvalue weighted by Gasteiger charge is 2.28. The van der Waals surface area contributed by atoms with Gasteiger partial charge in [0.25, 0.3) is 0 Å². The maximum absolute atomic E-state index is 5.95. The molecule has 0 unspecified atom stereocenters. The fraction of sp³-hybridized carbons (Fsp3) is 0.765. The van der Waals surface area contributed by atoms with Gasteiger partial charge in [0, 0.05) is 0 Å². The van der Waals surface area contributed by atoms with Crippen LogP contribution in [-0.4, -0.2) is 25.0 Å². The number of aryl methyl sites for hydroxylation is 1. The fourth-order valence-electron chi connectivity index (χ4n) is 3.18. The van der Waals surface area contributed by atoms with Crippen molar-refractivity contribution in [2.75, 3.05) is 20.1 Å². The summed E-state index contributed by atoms with van der Waals surface area (Å²) in [5.74, 6) is 3.05. The zero-order chi connectivity index (χ0) is 14.8. The topological polar surface area (TPSA) is 28.4 Å². The van der Waals surface area contributed by atoms with Gasteiger partial charge in [-0.1, -0.05) is 20.8 Å². The Balaban J connectivity index is 1.88. The van der Waals surface area contributed by atoms with Crippen molar-refractivity contribution in [3.8, 4) is 0 Å². The quantitative estimate of drug-likeness (QED) is 0.912. The summed E-state index contributed by atoms with van der Waals surface area (Å²) in [7, 11) is 1.96. The van der Waals surface area contributed by atoms with E-state index in [4.69, 9.17) is 4.42 Å². The van der Waals surface area contributed by atoms with Crippen LogP contribution in [0.15, 0.2) is 10.5 Å². The van der Waals surface area contributed by atoms with E-state index in [-0.39, 0.29) is 0 Å². The van der Waals surface area contributed by atoms with Gasteiger partial charge < -0.3 is 9.73 Å². The fourth-order valence-corrected chi connectivity index (χ4v) is 3.18. The average molecular weight is 278 g/mol. The number of hydrogen-bond donors (Lipinski definition) is 1. The predicted octanol–water partition coefficient (Wildman–Crippen LogP) is 3.57. The molecule has 0 aromatic carbocycles. The highest BCUT2D eigenvalue weighted by molar-refractivity contribution is 5.20. The van der Waals surface area contributed by atoms with Crippen LogP contribution < -0.4 is 5.32 Å². The Morgan fingerprint density at radius 1 is 1.30 bits per heavy atom. The lowest BCUT2D eigenvalue weighted by molar-refractivity contribution is 0.103. The van der Waals surface area contributed by atoms with Crippen molar-refractivity contribution in [1.82, 2.24) is 10.2 Å². The summed E-state index contributed by atoms with van der Waals surface area (Å²) in [5, 5.41) is 3.16. The number of nitrogens with one attached hydrogen (secondary N) is 1. The van der Waals surface area contributed by atoms with Gasteiger partial charge in [0.1, 0.15) is 11.5 Å². The Labute approximate surface area is 123 Å². The van der Waals surface area contributed by atoms with Crippen LogP contribution in [0.1, 0.15) is 50.7 Å². The Kier molecular flexibility index (Phi) is 4.92. The molecule has 3 heteroatoms. The van der Waals surface area contributed by atoms with E-state index in [1.165, 1.54) is 31.5 Å². The Hall–Kier alpha value is -0.800. The zero-order valence-corrected chi connectivity index (χ0v) is 13.8. The molecule has 20 heavy (non-hydrogen) atoms. The van der Waals surface area contributed by atoms with Gasteiger partial charge in [-0.05, 0) is 62.9 Å². The number of hydrogen-bond acceptors (Lipinski definition) is 3. The van der Waals surface area contributed by atoms with E-state index in [2.05, 4.69) is 44.0 Å². The van der Waals surface area contributed by atoms with Crippen LogP contribution in [0.3, 0.4) is 0 Å². The van der Waals surface area contributed by atoms with Crippen LogP contribution in [-0.2, 0) is 13.1 Å². The summed E-state index contributed by atoms with van der Waals surface area (Å²) < 4.78 is 5.95. The number of rotatable bonds is 4. The van der Waals surface area contributed by atoms with Gasteiger partial charge in [0.05, 0.1) is 13.1 Å². The van der Waals surface area contributed by atoms with Gasteiger partial charge in [-0.15, -0.1) is 0 Å². The van der Waals surface area contributed by atoms with Crippen molar-refractivity contribution in [3.63, 3.8) is 0 Å². The highest BCUT2D eigenvalue weighted by atomic mass is 16.3. The molecule has 0 saturated carbocycles. The van der Waals surface area contributed by atoms with Crippen molar-refractivity contribution in [2.24, 2.45) is 11.3 Å². The van der Waals surface area contributed by atoms with Crippen LogP contribution in [0.4, 0.5) is 0 Å². The van der Waals surface area contributed by atoms with Crippen LogP contribution >= 0.6 is 0 Å². The van der Waals surface area contributed by atoms with E-state index < -0.39 is 0 Å². The third kappa shape index (κ3) is 3.86. The normalized spacial score (nSPS) is 18.6. The molecule has 1 fully saturated rings. The SMILES string of the molecule is CNCc1oc(CN2CCC(C(C)(C)C)CC2)cc1C. The summed E-state index contributed by atoms with van der Waals surface area (Å²) in [4.78, 5) is 2.53. The minimum atomic E-state index is 0.452. The molecule has 0 spiro atoms. The molecular weight excluding hydrogens is 248 g/mol. The first kappa shape index (κ1) is 15.6. The molecule has 0 aliphatic carbocycles. The Morgan fingerprint density at radius 2 is 1.95 bits per heavy atom. The van der Waals surface area contributed by atoms with Crippen LogP contribution in [0.2, 0.25) is 0 Å². The first-order chi connectivity index (χ1) is 9.40. The summed E-state index contributed by atoms with van der Waals surface area (Å²) in [6.07, 6.45) is 2.62. The second-order valence-electron chi connectivity index (χ2n) is 7.27. The average Bonchev–Trinajstić information content (AvgIpc) is 2.70. The number of likely N-dealkylation sites (tertiary alicyclic amines) is 1. The molecule has 2 heterocycles. The summed E-state index contributed by atoms with van der Waals surface area (Å²) in [5.41, 5.74) is 1.71. The van der Waals surface area contributed by atoms with E-state index in [1.807, 2.05) is 7.05 Å². The maximum atomic E-state index is 5.95. The number of furan rings is 1. The van der Waals surface area contributed by atoms with Gasteiger partial charge in [0.15, 0.2) is 0 Å². The van der Waals surface area contributed by atoms with Crippen molar-refractivity contribution >= 4 is 0 Å². The number of piperidine rings is 1. The molecule has 0 radical (unpaired) electrons. The van der Waals surface area contributed by atoms with Gasteiger partial charge in [-0.25, -0.2) is 0 Å². The number of nitrogens with zero attached hydrogens (tertiary/aromatic N) is 1. The van der Waals surface area contributed by atoms with Crippen LogP contribution in [0.5, 0.6) is 0 Å². The first-order valence-electron chi connectivity index (χ1n) is 7.85. The van der Waals surface area contributed by atoms with E-state index in [0.29, 0.717) is 5.41 Å². The molecule has 1 N–H and O–H groups in total. The molecule has 1 aromatic rings. The van der Waals surface area contributed by atoms with E-state index in [9.17, 15) is 0 Å². The molecule has 0 atom stereocenters. The maximum Gasteiger partial charge on any atom is 0.120 e.